The molecular formula is C27H52O7Zr. The van der Waals surface area contributed by atoms with E-state index in [2.05, 4.69) is 20.8 Å². The first-order valence-electron chi connectivity index (χ1n) is 13.4. The summed E-state index contributed by atoms with van der Waals surface area (Å²) in [6.07, 6.45) is 11.8. The normalized spacial score (nSPS) is 12.4. The van der Waals surface area contributed by atoms with Crippen molar-refractivity contribution < 1.29 is 60.6 Å². The number of carbonyl (C=O) groups is 3. The minimum absolute atomic E-state index is 0. The van der Waals surface area contributed by atoms with Gasteiger partial charge in [-0.25, -0.2) is 4.79 Å². The van der Waals surface area contributed by atoms with Crippen LogP contribution in [0, 0.1) is 17.8 Å². The van der Waals surface area contributed by atoms with Crippen molar-refractivity contribution in [2.45, 2.75) is 132 Å². The molecule has 0 saturated heterocycles. The summed E-state index contributed by atoms with van der Waals surface area (Å²) in [5, 5.41) is 20.7. The average Bonchev–Trinajstić information content (AvgIpc) is 2.81. The second-order valence-electron chi connectivity index (χ2n) is 8.60. The van der Waals surface area contributed by atoms with Crippen LogP contribution < -0.4 is 10.2 Å². The van der Waals surface area contributed by atoms with Crippen LogP contribution in [0.4, 0.5) is 0 Å². The van der Waals surface area contributed by atoms with Gasteiger partial charge in [-0.1, -0.05) is 87.0 Å². The number of aliphatic carboxylic acids is 2. The van der Waals surface area contributed by atoms with Crippen LogP contribution in [0.2, 0.25) is 0 Å². The van der Waals surface area contributed by atoms with E-state index >= 15 is 0 Å². The number of unbranched alkanes of at least 4 members (excludes halogenated alkanes) is 3. The van der Waals surface area contributed by atoms with Crippen LogP contribution in [0.3, 0.4) is 0 Å². The summed E-state index contributed by atoms with van der Waals surface area (Å²) in [7, 11) is 0. The maximum absolute atomic E-state index is 11.4. The van der Waals surface area contributed by atoms with E-state index in [1.165, 1.54) is 0 Å². The van der Waals surface area contributed by atoms with Gasteiger partial charge >= 0.3 is 32.2 Å². The summed E-state index contributed by atoms with van der Waals surface area (Å²) in [4.78, 5) is 41.5. The molecule has 0 rings (SSSR count). The first kappa shape index (κ1) is 41.4. The summed E-state index contributed by atoms with van der Waals surface area (Å²) in [5.74, 6) is -2.44. The van der Waals surface area contributed by atoms with Gasteiger partial charge in [0.15, 0.2) is 0 Å². The zero-order chi connectivity index (χ0) is 26.8. The molecule has 0 saturated carbocycles. The van der Waals surface area contributed by atoms with Crippen molar-refractivity contribution in [1.82, 2.24) is 0 Å². The molecule has 0 aliphatic heterocycles. The summed E-state index contributed by atoms with van der Waals surface area (Å²) in [5.41, 5.74) is 0. The average molecular weight is 580 g/mol. The Morgan fingerprint density at radius 1 is 0.600 bits per heavy atom. The third kappa shape index (κ3) is 27.7. The molecule has 0 aromatic heterocycles. The van der Waals surface area contributed by atoms with E-state index in [9.17, 15) is 24.6 Å². The molecule has 0 radical (unpaired) electrons. The second kappa shape index (κ2) is 31.3. The molecule has 0 amide bonds. The minimum atomic E-state index is -0.893. The van der Waals surface area contributed by atoms with E-state index in [4.69, 9.17) is 9.78 Å². The Kier molecular flexibility index (Phi) is 37.0. The van der Waals surface area contributed by atoms with E-state index in [1.54, 1.807) is 0 Å². The fourth-order valence-corrected chi connectivity index (χ4v) is 3.07. The van der Waals surface area contributed by atoms with Crippen LogP contribution in [0.25, 0.3) is 0 Å². The van der Waals surface area contributed by atoms with Crippen molar-refractivity contribution in [3.8, 4) is 0 Å². The van der Waals surface area contributed by atoms with Crippen LogP contribution >= 0.6 is 0 Å². The van der Waals surface area contributed by atoms with E-state index in [1.807, 2.05) is 27.7 Å². The second-order valence-corrected chi connectivity index (χ2v) is 8.60. The molecule has 7 nitrogen and oxygen atoms in total. The Balaban J connectivity index is -0.000000208. The number of rotatable bonds is 18. The smallest absolute Gasteiger partial charge is 0.550 e. The molecular weight excluding hydrogens is 528 g/mol. The molecule has 206 valence electrons. The fraction of sp³-hybridized carbons (Fsp3) is 0.889. The van der Waals surface area contributed by atoms with Crippen LogP contribution in [0.1, 0.15) is 132 Å². The first-order chi connectivity index (χ1) is 16.2. The summed E-state index contributed by atoms with van der Waals surface area (Å²) >= 11 is 0. The molecule has 0 aliphatic rings. The van der Waals surface area contributed by atoms with Crippen molar-refractivity contribution in [3.63, 3.8) is 0 Å². The molecule has 0 bridgehead atoms. The van der Waals surface area contributed by atoms with Crippen LogP contribution in [0.15, 0.2) is 0 Å². The van der Waals surface area contributed by atoms with Crippen molar-refractivity contribution in [2.24, 2.45) is 17.8 Å². The Labute approximate surface area is 234 Å². The Hall–Kier alpha value is -0.747. The van der Waals surface area contributed by atoms with Crippen LogP contribution in [-0.2, 0) is 50.4 Å². The predicted molar refractivity (Wildman–Crippen MR) is 132 cm³/mol. The van der Waals surface area contributed by atoms with Gasteiger partial charge in [-0.05, 0) is 56.8 Å². The van der Waals surface area contributed by atoms with E-state index in [0.29, 0.717) is 19.4 Å². The number of hydrogen-bond donors (Lipinski definition) is 0. The largest absolute Gasteiger partial charge is 2.00 e. The third-order valence-electron chi connectivity index (χ3n) is 5.63. The minimum Gasteiger partial charge on any atom is -0.550 e. The zero-order valence-corrected chi connectivity index (χ0v) is 25.9. The van der Waals surface area contributed by atoms with Gasteiger partial charge in [0.25, 0.3) is 0 Å². The molecule has 35 heavy (non-hydrogen) atoms. The fourth-order valence-electron chi connectivity index (χ4n) is 3.07. The van der Waals surface area contributed by atoms with Crippen LogP contribution in [0.5, 0.6) is 0 Å². The van der Waals surface area contributed by atoms with E-state index < -0.39 is 11.9 Å². The SMILES string of the molecule is CCCCC(CC)C(=O)OOCCC.CCCCC(CC)C(=O)[O-].CCCCC(CC)C(=O)[O-].[Zr+2]. The first-order valence-corrected chi connectivity index (χ1v) is 13.4. The molecule has 0 heterocycles. The molecule has 0 aliphatic carbocycles. The number of carboxylic acid groups (broad SMARTS) is 2. The van der Waals surface area contributed by atoms with Gasteiger partial charge in [0.1, 0.15) is 0 Å². The summed E-state index contributed by atoms with van der Waals surface area (Å²) < 4.78 is 0. The molecule has 0 spiro atoms. The molecule has 3 unspecified atom stereocenters. The van der Waals surface area contributed by atoms with Gasteiger partial charge < -0.3 is 19.8 Å². The maximum Gasteiger partial charge on any atom is 2.00 e. The third-order valence-corrected chi connectivity index (χ3v) is 5.63. The van der Waals surface area contributed by atoms with Gasteiger partial charge in [-0.3, -0.25) is 4.89 Å². The maximum atomic E-state index is 11.4. The Bertz CT molecular complexity index is 460. The summed E-state index contributed by atoms with van der Waals surface area (Å²) in [6, 6.07) is 0. The van der Waals surface area contributed by atoms with Crippen molar-refractivity contribution in [2.75, 3.05) is 6.61 Å². The Morgan fingerprint density at radius 2 is 0.943 bits per heavy atom. The molecule has 0 N–H and O–H groups in total. The zero-order valence-electron chi connectivity index (χ0n) is 23.5. The van der Waals surface area contributed by atoms with E-state index in [0.717, 1.165) is 70.6 Å². The molecule has 0 fully saturated rings. The van der Waals surface area contributed by atoms with Crippen molar-refractivity contribution in [3.05, 3.63) is 0 Å². The van der Waals surface area contributed by atoms with Gasteiger partial charge in [-0.15, -0.1) is 0 Å². The van der Waals surface area contributed by atoms with Gasteiger partial charge in [0.2, 0.25) is 0 Å². The molecule has 3 atom stereocenters. The summed E-state index contributed by atoms with van der Waals surface area (Å²) in [6.45, 7) is 14.5. The molecule has 8 heteroatoms. The Morgan fingerprint density at radius 3 is 1.20 bits per heavy atom. The monoisotopic (exact) mass is 578 g/mol. The van der Waals surface area contributed by atoms with E-state index in [-0.39, 0.29) is 49.9 Å². The number of carbonyl (C=O) groups excluding carboxylic acids is 3. The standard InChI is InChI=1S/C11H22O3.2C8H16O2.Zr/c1-4-7-8-10(6-3)11(12)14-13-9-5-2;2*1-3-5-6-7(4-2)8(9)10;/h10H,4-9H2,1-3H3;2*7H,3-6H2,1-2H3,(H,9,10);/q;;;+2/p-2. The van der Waals surface area contributed by atoms with Crippen molar-refractivity contribution in [1.29, 1.82) is 0 Å². The predicted octanol–water partition coefficient (Wildman–Crippen LogP) is 4.99. The van der Waals surface area contributed by atoms with Crippen molar-refractivity contribution >= 4 is 17.9 Å². The molecule has 0 aromatic rings. The quantitative estimate of drug-likeness (QED) is 0.128. The van der Waals surface area contributed by atoms with Gasteiger partial charge in [0.05, 0.1) is 12.5 Å². The number of hydrogen-bond acceptors (Lipinski definition) is 7. The van der Waals surface area contributed by atoms with Gasteiger partial charge in [0, 0.05) is 11.9 Å². The van der Waals surface area contributed by atoms with Gasteiger partial charge in [-0.2, -0.15) is 4.89 Å². The molecule has 0 aromatic carbocycles. The topological polar surface area (TPSA) is 116 Å². The van der Waals surface area contributed by atoms with Crippen LogP contribution in [-0.4, -0.2) is 24.5 Å². The number of carboxylic acids is 2.